The fraction of sp³-hybridized carbons (Fsp3) is 0.346. The van der Waals surface area contributed by atoms with Gasteiger partial charge >= 0.3 is 6.03 Å². The summed E-state index contributed by atoms with van der Waals surface area (Å²) in [6.45, 7) is 3.92. The van der Waals surface area contributed by atoms with Crippen LogP contribution in [0.3, 0.4) is 0 Å². The van der Waals surface area contributed by atoms with Crippen molar-refractivity contribution >= 4 is 29.2 Å². The number of aromatic nitrogens is 2. The molecule has 2 aliphatic rings. The predicted molar refractivity (Wildman–Crippen MR) is 133 cm³/mol. The van der Waals surface area contributed by atoms with Crippen molar-refractivity contribution < 1.29 is 9.59 Å². The standard InChI is InChI=1S/C26H28ClN5O2/c1-17-7-10-21(14-23(17)27)32-24(19-8-9-19)22(16-29-32)25(33)28-15-18-5-4-6-20(13-18)30-26(34)31-11-2-3-12-31/h4-7,10,13-14,16,19H,2-3,8-9,11-12,15H2,1H3,(H,28,33)(H,30,34). The maximum atomic E-state index is 13.1. The van der Waals surface area contributed by atoms with E-state index in [2.05, 4.69) is 15.7 Å². The molecule has 1 aliphatic carbocycles. The number of urea groups is 1. The molecule has 1 saturated carbocycles. The lowest BCUT2D eigenvalue weighted by atomic mass is 10.1. The summed E-state index contributed by atoms with van der Waals surface area (Å²) < 4.78 is 1.84. The van der Waals surface area contributed by atoms with Crippen LogP contribution in [0.15, 0.2) is 48.7 Å². The molecule has 0 spiro atoms. The highest BCUT2D eigenvalue weighted by Crippen LogP contribution is 2.42. The molecule has 2 N–H and O–H groups in total. The second-order valence-electron chi connectivity index (χ2n) is 9.07. The zero-order valence-electron chi connectivity index (χ0n) is 19.2. The van der Waals surface area contributed by atoms with Crippen molar-refractivity contribution in [1.82, 2.24) is 20.0 Å². The Kier molecular flexibility index (Phi) is 6.28. The molecule has 0 radical (unpaired) electrons. The molecule has 7 nitrogen and oxygen atoms in total. The van der Waals surface area contributed by atoms with Gasteiger partial charge in [-0.15, -0.1) is 0 Å². The van der Waals surface area contributed by atoms with Crippen LogP contribution < -0.4 is 10.6 Å². The molecule has 0 unspecified atom stereocenters. The molecule has 34 heavy (non-hydrogen) atoms. The van der Waals surface area contributed by atoms with Crippen molar-refractivity contribution in [3.05, 3.63) is 76.1 Å². The van der Waals surface area contributed by atoms with Gasteiger partial charge in [0.15, 0.2) is 0 Å². The second kappa shape index (κ2) is 9.50. The fourth-order valence-electron chi connectivity index (χ4n) is 4.36. The lowest BCUT2D eigenvalue weighted by Crippen LogP contribution is -2.32. The topological polar surface area (TPSA) is 79.3 Å². The minimum atomic E-state index is -0.155. The van der Waals surface area contributed by atoms with Crippen LogP contribution in [0.5, 0.6) is 0 Å². The Bertz CT molecular complexity index is 1230. The van der Waals surface area contributed by atoms with Crippen LogP contribution in [-0.2, 0) is 6.54 Å². The number of anilines is 1. The van der Waals surface area contributed by atoms with E-state index >= 15 is 0 Å². The van der Waals surface area contributed by atoms with E-state index < -0.39 is 0 Å². The summed E-state index contributed by atoms with van der Waals surface area (Å²) in [6, 6.07) is 13.3. The van der Waals surface area contributed by atoms with Gasteiger partial charge in [0.25, 0.3) is 5.91 Å². The predicted octanol–water partition coefficient (Wildman–Crippen LogP) is 5.27. The van der Waals surface area contributed by atoms with E-state index in [-0.39, 0.29) is 11.9 Å². The number of likely N-dealkylation sites (tertiary alicyclic amines) is 1. The summed E-state index contributed by atoms with van der Waals surface area (Å²) in [5.74, 6) is 0.172. The van der Waals surface area contributed by atoms with Gasteiger partial charge < -0.3 is 15.5 Å². The highest BCUT2D eigenvalue weighted by atomic mass is 35.5. The van der Waals surface area contributed by atoms with Gasteiger partial charge in [-0.1, -0.05) is 29.8 Å². The van der Waals surface area contributed by atoms with Gasteiger partial charge in [0.05, 0.1) is 23.1 Å². The Morgan fingerprint density at radius 2 is 1.91 bits per heavy atom. The molecule has 2 fully saturated rings. The monoisotopic (exact) mass is 477 g/mol. The molecule has 5 rings (SSSR count). The molecular weight excluding hydrogens is 450 g/mol. The molecule has 0 atom stereocenters. The third-order valence-electron chi connectivity index (χ3n) is 6.44. The molecule has 3 amide bonds. The van der Waals surface area contributed by atoms with E-state index in [4.69, 9.17) is 11.6 Å². The first kappa shape index (κ1) is 22.5. The number of halogens is 1. The number of aryl methyl sites for hydroxylation is 1. The van der Waals surface area contributed by atoms with Gasteiger partial charge in [-0.05, 0) is 68.0 Å². The molecule has 2 heterocycles. The van der Waals surface area contributed by atoms with E-state index in [9.17, 15) is 9.59 Å². The van der Waals surface area contributed by atoms with E-state index in [0.717, 1.165) is 67.0 Å². The highest BCUT2D eigenvalue weighted by molar-refractivity contribution is 6.31. The summed E-state index contributed by atoms with van der Waals surface area (Å²) in [6.07, 6.45) is 5.84. The van der Waals surface area contributed by atoms with Crippen molar-refractivity contribution in [2.24, 2.45) is 0 Å². The first-order valence-electron chi connectivity index (χ1n) is 11.8. The minimum Gasteiger partial charge on any atom is -0.348 e. The number of hydrogen-bond acceptors (Lipinski definition) is 3. The number of benzene rings is 2. The van der Waals surface area contributed by atoms with Gasteiger partial charge in [0, 0.05) is 36.3 Å². The van der Waals surface area contributed by atoms with E-state index in [0.29, 0.717) is 23.0 Å². The van der Waals surface area contributed by atoms with Crippen LogP contribution in [-0.4, -0.2) is 39.7 Å². The third kappa shape index (κ3) is 4.80. The summed E-state index contributed by atoms with van der Waals surface area (Å²) in [5, 5.41) is 11.2. The van der Waals surface area contributed by atoms with Crippen LogP contribution >= 0.6 is 11.6 Å². The quantitative estimate of drug-likeness (QED) is 0.507. The smallest absolute Gasteiger partial charge is 0.321 e. The SMILES string of the molecule is Cc1ccc(-n2ncc(C(=O)NCc3cccc(NC(=O)N4CCCC4)c3)c2C2CC2)cc1Cl. The molecule has 2 aromatic carbocycles. The first-order chi connectivity index (χ1) is 16.5. The number of amides is 3. The van der Waals surface area contributed by atoms with Crippen molar-refractivity contribution in [1.29, 1.82) is 0 Å². The summed E-state index contributed by atoms with van der Waals surface area (Å²) in [4.78, 5) is 27.3. The van der Waals surface area contributed by atoms with Crippen molar-refractivity contribution in [2.75, 3.05) is 18.4 Å². The lowest BCUT2D eigenvalue weighted by Gasteiger charge is -2.16. The number of nitrogens with zero attached hydrogens (tertiary/aromatic N) is 3. The lowest BCUT2D eigenvalue weighted by molar-refractivity contribution is 0.0950. The molecule has 1 aliphatic heterocycles. The molecule has 3 aromatic rings. The van der Waals surface area contributed by atoms with Crippen molar-refractivity contribution in [2.45, 2.75) is 45.1 Å². The van der Waals surface area contributed by atoms with Crippen LogP contribution in [0.1, 0.15) is 58.8 Å². The Hall–Kier alpha value is -3.32. The average molecular weight is 478 g/mol. The number of hydrogen-bond donors (Lipinski definition) is 2. The minimum absolute atomic E-state index is 0.0728. The largest absolute Gasteiger partial charge is 0.348 e. The van der Waals surface area contributed by atoms with E-state index in [1.165, 1.54) is 0 Å². The third-order valence-corrected chi connectivity index (χ3v) is 6.85. The number of rotatable bonds is 6. The maximum absolute atomic E-state index is 13.1. The van der Waals surface area contributed by atoms with Crippen molar-refractivity contribution in [3.8, 4) is 5.69 Å². The Morgan fingerprint density at radius 1 is 1.12 bits per heavy atom. The van der Waals surface area contributed by atoms with Gasteiger partial charge in [-0.2, -0.15) is 5.10 Å². The molecular formula is C26H28ClN5O2. The zero-order valence-corrected chi connectivity index (χ0v) is 19.9. The van der Waals surface area contributed by atoms with Crippen LogP contribution in [0.2, 0.25) is 5.02 Å². The number of carbonyl (C=O) groups is 2. The highest BCUT2D eigenvalue weighted by Gasteiger charge is 2.33. The molecule has 1 aromatic heterocycles. The Labute approximate surface area is 204 Å². The molecule has 176 valence electrons. The molecule has 1 saturated heterocycles. The maximum Gasteiger partial charge on any atom is 0.321 e. The second-order valence-corrected chi connectivity index (χ2v) is 9.48. The zero-order chi connectivity index (χ0) is 23.7. The summed E-state index contributed by atoms with van der Waals surface area (Å²) in [7, 11) is 0. The Morgan fingerprint density at radius 3 is 2.65 bits per heavy atom. The normalized spacial score (nSPS) is 15.4. The van der Waals surface area contributed by atoms with Gasteiger partial charge in [-0.3, -0.25) is 4.79 Å². The summed E-state index contributed by atoms with van der Waals surface area (Å²) in [5.41, 5.74) is 5.03. The van der Waals surface area contributed by atoms with E-state index in [1.54, 1.807) is 6.20 Å². The van der Waals surface area contributed by atoms with Crippen molar-refractivity contribution in [3.63, 3.8) is 0 Å². The number of nitrogens with one attached hydrogen (secondary N) is 2. The van der Waals surface area contributed by atoms with Crippen LogP contribution in [0.25, 0.3) is 5.69 Å². The molecule has 0 bridgehead atoms. The van der Waals surface area contributed by atoms with Gasteiger partial charge in [-0.25, -0.2) is 9.48 Å². The van der Waals surface area contributed by atoms with E-state index in [1.807, 2.05) is 59.0 Å². The Balaban J connectivity index is 1.28. The molecule has 8 heteroatoms. The number of carbonyl (C=O) groups excluding carboxylic acids is 2. The van der Waals surface area contributed by atoms with Gasteiger partial charge in [0.2, 0.25) is 0 Å². The first-order valence-corrected chi connectivity index (χ1v) is 12.1. The van der Waals surface area contributed by atoms with Crippen LogP contribution in [0, 0.1) is 6.92 Å². The summed E-state index contributed by atoms with van der Waals surface area (Å²) >= 11 is 6.33. The van der Waals surface area contributed by atoms with Crippen LogP contribution in [0.4, 0.5) is 10.5 Å². The van der Waals surface area contributed by atoms with Gasteiger partial charge in [0.1, 0.15) is 0 Å². The average Bonchev–Trinajstić information content (AvgIpc) is 3.33. The fourth-order valence-corrected chi connectivity index (χ4v) is 4.54.